The molecule has 0 N–H and O–H groups in total. The molecule has 0 amide bonds. The molecule has 1 heterocycles. The second-order valence-corrected chi connectivity index (χ2v) is 7.56. The van der Waals surface area contributed by atoms with Crippen LogP contribution in [0, 0.1) is 0 Å². The van der Waals surface area contributed by atoms with Crippen molar-refractivity contribution < 1.29 is 51.3 Å². The van der Waals surface area contributed by atoms with Gasteiger partial charge in [-0.25, -0.2) is 13.4 Å². The number of nitrogens with zero attached hydrogens (tertiary/aromatic N) is 5. The average molecular weight is 527 g/mol. The van der Waals surface area contributed by atoms with Gasteiger partial charge in [0.15, 0.2) is 15.8 Å². The number of halogens is 6. The molecule has 0 fully saturated rings. The van der Waals surface area contributed by atoms with E-state index >= 15 is 0 Å². The second-order valence-electron chi connectivity index (χ2n) is 5.96. The number of sulfonamides is 1. The summed E-state index contributed by atoms with van der Waals surface area (Å²) in [6, 6.07) is 5.38. The first-order valence-electron chi connectivity index (χ1n) is 8.66. The van der Waals surface area contributed by atoms with E-state index < -0.39 is 33.0 Å². The van der Waals surface area contributed by atoms with Crippen LogP contribution in [-0.4, -0.2) is 32.0 Å². The van der Waals surface area contributed by atoms with Crippen molar-refractivity contribution in [2.45, 2.75) is 25.5 Å². The molecule has 0 unspecified atom stereocenters. The van der Waals surface area contributed by atoms with Crippen molar-refractivity contribution in [2.24, 2.45) is 10.2 Å². The normalized spacial score (nSPS) is 12.5. The van der Waals surface area contributed by atoms with Gasteiger partial charge in [-0.3, -0.25) is 0 Å². The third-order valence-electron chi connectivity index (χ3n) is 3.93. The number of benzene rings is 1. The smallest absolute Gasteiger partial charge is 0.483 e. The Bertz CT molecular complexity index is 1040. The summed E-state index contributed by atoms with van der Waals surface area (Å²) in [6.07, 6.45) is -4.10. The molecule has 7 nitrogen and oxygen atoms in total. The predicted octanol–water partition coefficient (Wildman–Crippen LogP) is 6.21. The van der Waals surface area contributed by atoms with Crippen molar-refractivity contribution in [3.8, 4) is 0 Å². The molecule has 0 atom stereocenters. The Hall–Kier alpha value is -2.41. The van der Waals surface area contributed by atoms with Crippen molar-refractivity contribution in [3.05, 3.63) is 46.8 Å². The second kappa shape index (κ2) is 10.5. The Labute approximate surface area is 189 Å². The van der Waals surface area contributed by atoms with Gasteiger partial charge in [0, 0.05) is 41.5 Å². The van der Waals surface area contributed by atoms with Crippen molar-refractivity contribution in [1.82, 2.24) is 4.98 Å². The number of rotatable bonds is 7. The van der Waals surface area contributed by atoms with Gasteiger partial charge in [0.2, 0.25) is 0 Å². The molecule has 0 saturated carbocycles. The van der Waals surface area contributed by atoms with Gasteiger partial charge in [0.1, 0.15) is 0 Å². The van der Waals surface area contributed by atoms with E-state index in [-0.39, 0.29) is 28.0 Å². The first-order chi connectivity index (χ1) is 14.3. The molecule has 2 rings (SSSR count). The number of azo groups is 1. The van der Waals surface area contributed by atoms with Gasteiger partial charge in [0.25, 0.3) is 0 Å². The Morgan fingerprint density at radius 2 is 1.62 bits per heavy atom. The summed E-state index contributed by atoms with van der Waals surface area (Å²) in [5, 5.41) is 7.19. The maximum atomic E-state index is 12.8. The Balaban J connectivity index is 0.00000512. The standard InChI is InChI=1S/C17H16F6N5O2S.Ni/c1-3-28(4-2)12-6-7-13(14(9-12)27-31(29,30)17(21,22)23)25-26-15-8-5-11(10-24-15)16(18,19)20;/h5-10H,3-4H2,1-2H3;/q-1;. The Kier molecular flexibility index (Phi) is 9.04. The van der Waals surface area contributed by atoms with E-state index in [0.29, 0.717) is 31.0 Å². The number of pyridine rings is 1. The van der Waals surface area contributed by atoms with E-state index in [2.05, 4.69) is 19.9 Å². The SMILES string of the molecule is CCN(CC)c1ccc(N=Nc2ccc(C(F)(F)F)cn2)c([N-]S(=O)(=O)C(F)(F)F)c1.[Ni]. The van der Waals surface area contributed by atoms with Crippen LogP contribution in [0.3, 0.4) is 0 Å². The molecule has 0 spiro atoms. The molecule has 0 aliphatic heterocycles. The fraction of sp³-hybridized carbons (Fsp3) is 0.353. The van der Waals surface area contributed by atoms with Crippen LogP contribution in [0.2, 0.25) is 0 Å². The van der Waals surface area contributed by atoms with Gasteiger partial charge in [0.05, 0.1) is 11.3 Å². The maximum Gasteiger partial charge on any atom is 0.483 e. The zero-order chi connectivity index (χ0) is 23.4. The molecule has 2 aromatic rings. The van der Waals surface area contributed by atoms with Gasteiger partial charge >= 0.3 is 11.7 Å². The predicted molar refractivity (Wildman–Crippen MR) is 101 cm³/mol. The van der Waals surface area contributed by atoms with E-state index in [1.165, 1.54) is 12.1 Å². The molecule has 15 heteroatoms. The number of aromatic nitrogens is 1. The monoisotopic (exact) mass is 526 g/mol. The number of hydrogen-bond acceptors (Lipinski definition) is 6. The molecular weight excluding hydrogens is 511 g/mol. The number of hydrogen-bond donors (Lipinski definition) is 0. The van der Waals surface area contributed by atoms with Crippen LogP contribution in [-0.2, 0) is 32.7 Å². The average Bonchev–Trinajstić information content (AvgIpc) is 2.67. The van der Waals surface area contributed by atoms with Crippen molar-refractivity contribution in [3.63, 3.8) is 0 Å². The molecule has 0 bridgehead atoms. The molecule has 180 valence electrons. The Morgan fingerprint density at radius 3 is 2.09 bits per heavy atom. The molecule has 1 aromatic carbocycles. The van der Waals surface area contributed by atoms with Crippen LogP contribution >= 0.6 is 0 Å². The summed E-state index contributed by atoms with van der Waals surface area (Å²) < 4.78 is 102. The van der Waals surface area contributed by atoms with E-state index in [9.17, 15) is 34.8 Å². The van der Waals surface area contributed by atoms with Gasteiger partial charge in [-0.05, 0) is 38.1 Å². The Morgan fingerprint density at radius 1 is 1.00 bits per heavy atom. The van der Waals surface area contributed by atoms with Gasteiger partial charge in [-0.1, -0.05) is 11.8 Å². The summed E-state index contributed by atoms with van der Waals surface area (Å²) in [4.78, 5) is 5.19. The third kappa shape index (κ3) is 6.79. The molecule has 0 aliphatic carbocycles. The first kappa shape index (κ1) is 27.6. The number of anilines is 1. The van der Waals surface area contributed by atoms with Gasteiger partial charge < -0.3 is 9.62 Å². The summed E-state index contributed by atoms with van der Waals surface area (Å²) in [5.74, 6) is -0.273. The number of alkyl halides is 6. The van der Waals surface area contributed by atoms with Crippen LogP contribution in [0.4, 0.5) is 49.2 Å². The zero-order valence-corrected chi connectivity index (χ0v) is 18.2. The van der Waals surface area contributed by atoms with Gasteiger partial charge in [-0.2, -0.15) is 31.5 Å². The van der Waals surface area contributed by atoms with Crippen LogP contribution in [0.25, 0.3) is 4.72 Å². The largest absolute Gasteiger partial charge is 0.568 e. The molecule has 0 saturated heterocycles. The summed E-state index contributed by atoms with van der Waals surface area (Å²) in [5.41, 5.74) is -7.22. The summed E-state index contributed by atoms with van der Waals surface area (Å²) in [7, 11) is -5.87. The van der Waals surface area contributed by atoms with Gasteiger partial charge in [-0.15, -0.1) is 5.11 Å². The fourth-order valence-corrected chi connectivity index (χ4v) is 2.86. The molecular formula is C17H16F6N5NiO2S-. The van der Waals surface area contributed by atoms with Crippen molar-refractivity contribution in [2.75, 3.05) is 18.0 Å². The fourth-order valence-electron chi connectivity index (χ4n) is 2.35. The molecule has 0 aliphatic rings. The minimum Gasteiger partial charge on any atom is -0.568 e. The third-order valence-corrected chi connectivity index (χ3v) is 4.96. The zero-order valence-electron chi connectivity index (χ0n) is 16.4. The first-order valence-corrected chi connectivity index (χ1v) is 10.1. The molecule has 32 heavy (non-hydrogen) atoms. The van der Waals surface area contributed by atoms with E-state index in [1.54, 1.807) is 18.7 Å². The molecule has 0 radical (unpaired) electrons. The summed E-state index contributed by atoms with van der Waals surface area (Å²) in [6.45, 7) is 4.55. The topological polar surface area (TPSA) is 89.1 Å². The van der Waals surface area contributed by atoms with Crippen molar-refractivity contribution >= 4 is 32.9 Å². The maximum absolute atomic E-state index is 12.8. The minimum atomic E-state index is -5.87. The minimum absolute atomic E-state index is 0. The van der Waals surface area contributed by atoms with E-state index in [0.717, 1.165) is 12.1 Å². The van der Waals surface area contributed by atoms with Crippen molar-refractivity contribution in [1.29, 1.82) is 0 Å². The van der Waals surface area contributed by atoms with Crippen LogP contribution in [0.15, 0.2) is 46.8 Å². The molecule has 1 aromatic heterocycles. The summed E-state index contributed by atoms with van der Waals surface area (Å²) >= 11 is 0. The van der Waals surface area contributed by atoms with Crippen LogP contribution < -0.4 is 4.90 Å². The van der Waals surface area contributed by atoms with Crippen LogP contribution in [0.1, 0.15) is 19.4 Å². The van der Waals surface area contributed by atoms with E-state index in [1.807, 2.05) is 0 Å². The van der Waals surface area contributed by atoms with Crippen LogP contribution in [0.5, 0.6) is 0 Å². The van der Waals surface area contributed by atoms with E-state index in [4.69, 9.17) is 0 Å². The quantitative estimate of drug-likeness (QED) is 0.243.